The number of carbonyl (C=O) groups excluding carboxylic acids is 1. The normalized spacial score (nSPS) is 10.6. The van der Waals surface area contributed by atoms with E-state index in [4.69, 9.17) is 9.15 Å². The third-order valence-electron chi connectivity index (χ3n) is 3.10. The average molecular weight is 296 g/mol. The number of fused-ring (bicyclic) bond motifs is 1. The Labute approximate surface area is 127 Å². The number of para-hydroxylation sites is 2. The smallest absolute Gasteiger partial charge is 0.412 e. The van der Waals surface area contributed by atoms with Gasteiger partial charge >= 0.3 is 6.09 Å². The van der Waals surface area contributed by atoms with Crippen molar-refractivity contribution in [1.82, 2.24) is 10.3 Å². The number of rotatable bonds is 4. The first kappa shape index (κ1) is 14.1. The van der Waals surface area contributed by atoms with Crippen LogP contribution in [-0.4, -0.2) is 17.6 Å². The molecule has 0 saturated heterocycles. The Morgan fingerprint density at radius 2 is 2.09 bits per heavy atom. The highest BCUT2D eigenvalue weighted by atomic mass is 16.6. The molecule has 0 aliphatic heterocycles. The summed E-state index contributed by atoms with van der Waals surface area (Å²) in [6, 6.07) is 14.7. The van der Waals surface area contributed by atoms with E-state index in [0.717, 1.165) is 23.1 Å². The van der Waals surface area contributed by atoms with E-state index in [9.17, 15) is 4.79 Å². The lowest BCUT2D eigenvalue weighted by molar-refractivity contribution is 0.200. The van der Waals surface area contributed by atoms with E-state index in [1.54, 1.807) is 18.2 Å². The maximum absolute atomic E-state index is 11.6. The van der Waals surface area contributed by atoms with Crippen LogP contribution in [-0.2, 0) is 0 Å². The molecule has 1 heterocycles. The van der Waals surface area contributed by atoms with Crippen LogP contribution in [0.5, 0.6) is 5.75 Å². The van der Waals surface area contributed by atoms with E-state index in [1.165, 1.54) is 0 Å². The molecule has 0 spiro atoms. The molecule has 5 heteroatoms. The van der Waals surface area contributed by atoms with Gasteiger partial charge in [-0.3, -0.25) is 0 Å². The van der Waals surface area contributed by atoms with E-state index in [1.807, 2.05) is 37.3 Å². The zero-order valence-corrected chi connectivity index (χ0v) is 12.2. The SMILES string of the molecule is CCCNC(=O)Oc1cccc(-c2nc3ccccc3o2)c1. The van der Waals surface area contributed by atoms with Crippen molar-refractivity contribution in [2.24, 2.45) is 0 Å². The number of ether oxygens (including phenoxy) is 1. The standard InChI is InChI=1S/C17H16N2O3/c1-2-10-18-17(20)21-13-7-5-6-12(11-13)16-19-14-8-3-4-9-15(14)22-16/h3-9,11H,2,10H2,1H3,(H,18,20). The minimum atomic E-state index is -0.462. The Bertz CT molecular complexity index is 762. The molecule has 3 rings (SSSR count). The number of benzene rings is 2. The van der Waals surface area contributed by atoms with Crippen molar-refractivity contribution < 1.29 is 13.9 Å². The highest BCUT2D eigenvalue weighted by molar-refractivity contribution is 5.76. The third kappa shape index (κ3) is 3.09. The summed E-state index contributed by atoms with van der Waals surface area (Å²) >= 11 is 0. The molecule has 1 amide bonds. The van der Waals surface area contributed by atoms with E-state index in [0.29, 0.717) is 18.2 Å². The minimum absolute atomic E-state index is 0.452. The summed E-state index contributed by atoms with van der Waals surface area (Å²) < 4.78 is 10.9. The van der Waals surface area contributed by atoms with E-state index in [2.05, 4.69) is 10.3 Å². The molecular weight excluding hydrogens is 280 g/mol. The van der Waals surface area contributed by atoms with Crippen molar-refractivity contribution in [3.63, 3.8) is 0 Å². The van der Waals surface area contributed by atoms with Gasteiger partial charge in [-0.05, 0) is 36.8 Å². The van der Waals surface area contributed by atoms with E-state index >= 15 is 0 Å². The molecule has 0 radical (unpaired) electrons. The van der Waals surface area contributed by atoms with Crippen LogP contribution in [0, 0.1) is 0 Å². The largest absolute Gasteiger partial charge is 0.436 e. The number of aromatic nitrogens is 1. The fourth-order valence-corrected chi connectivity index (χ4v) is 2.06. The second-order valence-corrected chi connectivity index (χ2v) is 4.83. The van der Waals surface area contributed by atoms with Crippen molar-refractivity contribution in [1.29, 1.82) is 0 Å². The van der Waals surface area contributed by atoms with E-state index < -0.39 is 6.09 Å². The second kappa shape index (κ2) is 6.30. The van der Waals surface area contributed by atoms with Gasteiger partial charge in [-0.15, -0.1) is 0 Å². The molecule has 0 bridgehead atoms. The first-order valence-corrected chi connectivity index (χ1v) is 7.18. The Hall–Kier alpha value is -2.82. The summed E-state index contributed by atoms with van der Waals surface area (Å²) in [7, 11) is 0. The molecule has 0 atom stereocenters. The fourth-order valence-electron chi connectivity index (χ4n) is 2.06. The average Bonchev–Trinajstić information content (AvgIpc) is 2.97. The number of carbonyl (C=O) groups is 1. The lowest BCUT2D eigenvalue weighted by Gasteiger charge is -2.06. The van der Waals surface area contributed by atoms with Crippen LogP contribution in [0.2, 0.25) is 0 Å². The molecule has 112 valence electrons. The van der Waals surface area contributed by atoms with Gasteiger partial charge in [0, 0.05) is 12.1 Å². The van der Waals surface area contributed by atoms with Gasteiger partial charge in [0.1, 0.15) is 11.3 Å². The molecule has 0 saturated carbocycles. The molecule has 1 aromatic heterocycles. The zero-order valence-electron chi connectivity index (χ0n) is 12.2. The van der Waals surface area contributed by atoms with Gasteiger partial charge < -0.3 is 14.5 Å². The highest BCUT2D eigenvalue weighted by Crippen LogP contribution is 2.26. The van der Waals surface area contributed by atoms with Gasteiger partial charge in [0.05, 0.1) is 0 Å². The number of hydrogen-bond donors (Lipinski definition) is 1. The van der Waals surface area contributed by atoms with Gasteiger partial charge in [-0.1, -0.05) is 25.1 Å². The summed E-state index contributed by atoms with van der Waals surface area (Å²) in [6.45, 7) is 2.57. The molecule has 0 aliphatic rings. The van der Waals surface area contributed by atoms with Crippen molar-refractivity contribution in [3.05, 3.63) is 48.5 Å². The first-order valence-electron chi connectivity index (χ1n) is 7.18. The molecule has 0 aliphatic carbocycles. The Morgan fingerprint density at radius 1 is 1.23 bits per heavy atom. The summed E-state index contributed by atoms with van der Waals surface area (Å²) in [5.41, 5.74) is 2.28. The van der Waals surface area contributed by atoms with Crippen LogP contribution in [0.1, 0.15) is 13.3 Å². The number of nitrogens with one attached hydrogen (secondary N) is 1. The molecule has 3 aromatic rings. The molecular formula is C17H16N2O3. The Balaban J connectivity index is 1.82. The van der Waals surface area contributed by atoms with Gasteiger partial charge in [0.15, 0.2) is 5.58 Å². The van der Waals surface area contributed by atoms with Crippen LogP contribution in [0.25, 0.3) is 22.6 Å². The van der Waals surface area contributed by atoms with Crippen LogP contribution in [0.15, 0.2) is 52.9 Å². The molecule has 2 aromatic carbocycles. The Morgan fingerprint density at radius 3 is 2.91 bits per heavy atom. The number of oxazole rings is 1. The van der Waals surface area contributed by atoms with Crippen LogP contribution in [0.3, 0.4) is 0 Å². The van der Waals surface area contributed by atoms with Crippen molar-refractivity contribution in [2.45, 2.75) is 13.3 Å². The lowest BCUT2D eigenvalue weighted by atomic mass is 10.2. The fraction of sp³-hybridized carbons (Fsp3) is 0.176. The van der Waals surface area contributed by atoms with Crippen LogP contribution in [0.4, 0.5) is 4.79 Å². The molecule has 1 N–H and O–H groups in total. The number of amides is 1. The molecule has 22 heavy (non-hydrogen) atoms. The molecule has 0 unspecified atom stereocenters. The summed E-state index contributed by atoms with van der Waals surface area (Å²) in [4.78, 5) is 16.0. The number of nitrogens with zero attached hydrogens (tertiary/aromatic N) is 1. The monoisotopic (exact) mass is 296 g/mol. The van der Waals surface area contributed by atoms with Crippen LogP contribution < -0.4 is 10.1 Å². The second-order valence-electron chi connectivity index (χ2n) is 4.83. The van der Waals surface area contributed by atoms with Gasteiger partial charge in [-0.25, -0.2) is 9.78 Å². The number of hydrogen-bond acceptors (Lipinski definition) is 4. The first-order chi connectivity index (χ1) is 10.8. The van der Waals surface area contributed by atoms with Crippen LogP contribution >= 0.6 is 0 Å². The molecule has 0 fully saturated rings. The maximum Gasteiger partial charge on any atom is 0.412 e. The topological polar surface area (TPSA) is 64.4 Å². The lowest BCUT2D eigenvalue weighted by Crippen LogP contribution is -2.27. The predicted molar refractivity (Wildman–Crippen MR) is 83.8 cm³/mol. The third-order valence-corrected chi connectivity index (χ3v) is 3.10. The van der Waals surface area contributed by atoms with Gasteiger partial charge in [-0.2, -0.15) is 0 Å². The molecule has 5 nitrogen and oxygen atoms in total. The van der Waals surface area contributed by atoms with Crippen molar-refractivity contribution >= 4 is 17.2 Å². The maximum atomic E-state index is 11.6. The minimum Gasteiger partial charge on any atom is -0.436 e. The zero-order chi connectivity index (χ0) is 15.4. The van der Waals surface area contributed by atoms with Crippen molar-refractivity contribution in [2.75, 3.05) is 6.54 Å². The summed E-state index contributed by atoms with van der Waals surface area (Å²) in [6.07, 6.45) is 0.398. The highest BCUT2D eigenvalue weighted by Gasteiger charge is 2.10. The van der Waals surface area contributed by atoms with Crippen molar-refractivity contribution in [3.8, 4) is 17.2 Å². The van der Waals surface area contributed by atoms with E-state index in [-0.39, 0.29) is 0 Å². The quantitative estimate of drug-likeness (QED) is 0.790. The Kier molecular flexibility index (Phi) is 4.05. The summed E-state index contributed by atoms with van der Waals surface area (Å²) in [5.74, 6) is 0.953. The van der Waals surface area contributed by atoms with Gasteiger partial charge in [0.2, 0.25) is 5.89 Å². The van der Waals surface area contributed by atoms with Gasteiger partial charge in [0.25, 0.3) is 0 Å². The summed E-state index contributed by atoms with van der Waals surface area (Å²) in [5, 5.41) is 2.66. The predicted octanol–water partition coefficient (Wildman–Crippen LogP) is 3.99.